The fraction of sp³-hybridized carbons (Fsp3) is 0.0179. The molecule has 0 saturated carbocycles. The zero-order chi connectivity index (χ0) is 41.4. The van der Waals surface area contributed by atoms with Crippen molar-refractivity contribution in [1.29, 1.82) is 0 Å². The second kappa shape index (κ2) is 17.8. The van der Waals surface area contributed by atoms with Gasteiger partial charge in [0.15, 0.2) is 11.6 Å². The molecule has 0 bridgehead atoms. The average molecular weight is 784 g/mol. The molecule has 0 fully saturated rings. The van der Waals surface area contributed by atoms with Crippen molar-refractivity contribution in [2.24, 2.45) is 0 Å². The lowest BCUT2D eigenvalue weighted by molar-refractivity contribution is 1.18. The standard InChI is InChI=1S/C56H41N5/c1-3-5-21-39(4-2)49-35-46(36-50(57-49)40-22-11-6-12-23-40)45-32-47(53-37-51(41-24-13-7-14-25-41)58-55(60-53)43-28-17-9-18-29-43)34-48(33-45)54-38-52(42-26-15-8-16-27-42)59-56(61-54)44-30-19-10-20-31-44/h3-38H,1H2,2H3/b21-5-,39-4+. The van der Waals surface area contributed by atoms with Crippen molar-refractivity contribution in [2.45, 2.75) is 6.92 Å². The van der Waals surface area contributed by atoms with E-state index in [1.165, 1.54) is 0 Å². The van der Waals surface area contributed by atoms with Crippen LogP contribution >= 0.6 is 0 Å². The Kier molecular flexibility index (Phi) is 11.2. The van der Waals surface area contributed by atoms with E-state index in [1.54, 1.807) is 6.08 Å². The summed E-state index contributed by atoms with van der Waals surface area (Å²) in [6, 6.07) is 66.3. The van der Waals surface area contributed by atoms with Gasteiger partial charge in [-0.05, 0) is 66.1 Å². The molecule has 9 aromatic rings. The molecule has 3 aromatic heterocycles. The molecule has 0 N–H and O–H groups in total. The van der Waals surface area contributed by atoms with Crippen molar-refractivity contribution in [3.63, 3.8) is 0 Å². The summed E-state index contributed by atoms with van der Waals surface area (Å²) in [5, 5.41) is 0. The van der Waals surface area contributed by atoms with Gasteiger partial charge in [0.1, 0.15) is 0 Å². The molecule has 0 unspecified atom stereocenters. The number of benzene rings is 6. The van der Waals surface area contributed by atoms with Crippen LogP contribution in [0.2, 0.25) is 0 Å². The fourth-order valence-electron chi connectivity index (χ4n) is 7.33. The first-order valence-electron chi connectivity index (χ1n) is 20.3. The predicted octanol–water partition coefficient (Wildman–Crippen LogP) is 14.1. The van der Waals surface area contributed by atoms with Crippen LogP contribution in [0.25, 0.3) is 95.8 Å². The van der Waals surface area contributed by atoms with E-state index < -0.39 is 0 Å². The summed E-state index contributed by atoms with van der Waals surface area (Å²) in [6.45, 7) is 5.95. The van der Waals surface area contributed by atoms with Crippen LogP contribution < -0.4 is 0 Å². The van der Waals surface area contributed by atoms with Crippen molar-refractivity contribution in [3.05, 3.63) is 231 Å². The van der Waals surface area contributed by atoms with Crippen LogP contribution in [0.3, 0.4) is 0 Å². The minimum Gasteiger partial charge on any atom is -0.248 e. The molecule has 290 valence electrons. The Labute approximate surface area is 356 Å². The Balaban J connectivity index is 1.33. The number of aromatic nitrogens is 5. The molecule has 0 saturated heterocycles. The molecular weight excluding hydrogens is 743 g/mol. The Morgan fingerprint density at radius 2 is 0.705 bits per heavy atom. The van der Waals surface area contributed by atoms with E-state index >= 15 is 0 Å². The molecule has 0 atom stereocenters. The van der Waals surface area contributed by atoms with Crippen LogP contribution in [0.4, 0.5) is 0 Å². The SMILES string of the molecule is C=C/C=C\C(=C/C)c1cc(-c2cc(-c3cc(-c4ccccc4)nc(-c4ccccc4)n3)cc(-c3cc(-c4ccccc4)nc(-c4ccccc4)n3)c2)cc(-c2ccccc2)n1. The summed E-state index contributed by atoms with van der Waals surface area (Å²) in [7, 11) is 0. The van der Waals surface area contributed by atoms with Crippen molar-refractivity contribution in [3.8, 4) is 90.2 Å². The lowest BCUT2D eigenvalue weighted by Crippen LogP contribution is -1.99. The van der Waals surface area contributed by atoms with Gasteiger partial charge in [-0.3, -0.25) is 0 Å². The van der Waals surface area contributed by atoms with Gasteiger partial charge in [-0.15, -0.1) is 0 Å². The molecule has 9 rings (SSSR count). The van der Waals surface area contributed by atoms with Crippen molar-refractivity contribution in [2.75, 3.05) is 0 Å². The zero-order valence-corrected chi connectivity index (χ0v) is 33.7. The van der Waals surface area contributed by atoms with Gasteiger partial charge in [-0.1, -0.05) is 183 Å². The van der Waals surface area contributed by atoms with Crippen LogP contribution in [0.5, 0.6) is 0 Å². The highest BCUT2D eigenvalue weighted by Gasteiger charge is 2.18. The van der Waals surface area contributed by atoms with Crippen molar-refractivity contribution >= 4 is 5.57 Å². The Morgan fingerprint density at radius 1 is 0.361 bits per heavy atom. The lowest BCUT2D eigenvalue weighted by atomic mass is 9.94. The molecule has 3 heterocycles. The second-order valence-corrected chi connectivity index (χ2v) is 14.5. The lowest BCUT2D eigenvalue weighted by Gasteiger charge is -2.15. The molecule has 0 spiro atoms. The highest BCUT2D eigenvalue weighted by molar-refractivity contribution is 5.85. The molecule has 0 aliphatic heterocycles. The van der Waals surface area contributed by atoms with Crippen molar-refractivity contribution in [1.82, 2.24) is 24.9 Å². The minimum absolute atomic E-state index is 0.646. The Bertz CT molecular complexity index is 2760. The van der Waals surface area contributed by atoms with Gasteiger partial charge >= 0.3 is 0 Å². The molecular formula is C56H41N5. The average Bonchev–Trinajstić information content (AvgIpc) is 3.35. The molecule has 5 heteroatoms. The second-order valence-electron chi connectivity index (χ2n) is 14.5. The molecule has 0 aliphatic rings. The first kappa shape index (κ1) is 38.4. The largest absolute Gasteiger partial charge is 0.248 e. The van der Waals surface area contributed by atoms with Crippen LogP contribution in [-0.4, -0.2) is 24.9 Å². The predicted molar refractivity (Wildman–Crippen MR) is 252 cm³/mol. The highest BCUT2D eigenvalue weighted by atomic mass is 14.9. The minimum atomic E-state index is 0.646. The molecule has 61 heavy (non-hydrogen) atoms. The molecule has 6 aromatic carbocycles. The van der Waals surface area contributed by atoms with E-state index in [4.69, 9.17) is 24.9 Å². The summed E-state index contributed by atoms with van der Waals surface area (Å²) >= 11 is 0. The summed E-state index contributed by atoms with van der Waals surface area (Å²) in [6.07, 6.45) is 7.85. The number of pyridine rings is 1. The maximum atomic E-state index is 5.27. The molecule has 0 radical (unpaired) electrons. The third-order valence-electron chi connectivity index (χ3n) is 10.4. The number of hydrogen-bond acceptors (Lipinski definition) is 5. The zero-order valence-electron chi connectivity index (χ0n) is 33.7. The Hall–Kier alpha value is -8.15. The van der Waals surface area contributed by atoms with Gasteiger partial charge in [0, 0.05) is 38.9 Å². The van der Waals surface area contributed by atoms with E-state index in [0.29, 0.717) is 11.6 Å². The van der Waals surface area contributed by atoms with Gasteiger partial charge in [0.05, 0.1) is 34.2 Å². The maximum absolute atomic E-state index is 5.27. The normalized spacial score (nSPS) is 11.5. The van der Waals surface area contributed by atoms with E-state index in [1.807, 2.05) is 110 Å². The number of hydrogen-bond donors (Lipinski definition) is 0. The highest BCUT2D eigenvalue weighted by Crippen LogP contribution is 2.37. The molecule has 0 aliphatic carbocycles. The van der Waals surface area contributed by atoms with Crippen LogP contribution in [0.15, 0.2) is 225 Å². The summed E-state index contributed by atoms with van der Waals surface area (Å²) in [5.41, 5.74) is 14.7. The quantitative estimate of drug-likeness (QED) is 0.122. The first-order valence-corrected chi connectivity index (χ1v) is 20.3. The number of rotatable bonds is 11. The van der Waals surface area contributed by atoms with Gasteiger partial charge in [0.2, 0.25) is 0 Å². The smallest absolute Gasteiger partial charge is 0.160 e. The molecule has 5 nitrogen and oxygen atoms in total. The van der Waals surface area contributed by atoms with Crippen LogP contribution in [0.1, 0.15) is 12.6 Å². The molecule has 0 amide bonds. The number of allylic oxidation sites excluding steroid dienone is 5. The van der Waals surface area contributed by atoms with Gasteiger partial charge in [-0.2, -0.15) is 0 Å². The van der Waals surface area contributed by atoms with Gasteiger partial charge < -0.3 is 0 Å². The summed E-state index contributed by atoms with van der Waals surface area (Å²) in [5.74, 6) is 1.29. The van der Waals surface area contributed by atoms with E-state index in [9.17, 15) is 0 Å². The third kappa shape index (κ3) is 8.68. The monoisotopic (exact) mass is 783 g/mol. The Morgan fingerprint density at radius 3 is 1.10 bits per heavy atom. The maximum Gasteiger partial charge on any atom is 0.160 e. The van der Waals surface area contributed by atoms with E-state index in [0.717, 1.165) is 89.8 Å². The van der Waals surface area contributed by atoms with Gasteiger partial charge in [0.25, 0.3) is 0 Å². The summed E-state index contributed by atoms with van der Waals surface area (Å²) < 4.78 is 0. The first-order chi connectivity index (χ1) is 30.1. The number of nitrogens with zero attached hydrogens (tertiary/aromatic N) is 5. The van der Waals surface area contributed by atoms with Gasteiger partial charge in [-0.25, -0.2) is 24.9 Å². The topological polar surface area (TPSA) is 64.5 Å². The van der Waals surface area contributed by atoms with Crippen LogP contribution in [-0.2, 0) is 0 Å². The van der Waals surface area contributed by atoms with E-state index in [-0.39, 0.29) is 0 Å². The third-order valence-corrected chi connectivity index (χ3v) is 10.4. The van der Waals surface area contributed by atoms with E-state index in [2.05, 4.69) is 116 Å². The fourth-order valence-corrected chi connectivity index (χ4v) is 7.33. The summed E-state index contributed by atoms with van der Waals surface area (Å²) in [4.78, 5) is 25.9. The van der Waals surface area contributed by atoms with Crippen molar-refractivity contribution < 1.29 is 0 Å². The van der Waals surface area contributed by atoms with Crippen LogP contribution in [0, 0.1) is 0 Å².